The largest absolute Gasteiger partial charge is 0.497 e. The van der Waals surface area contributed by atoms with Gasteiger partial charge in [0.25, 0.3) is 0 Å². The number of amides is 1. The van der Waals surface area contributed by atoms with Crippen LogP contribution in [0.2, 0.25) is 0 Å². The van der Waals surface area contributed by atoms with Gasteiger partial charge in [-0.15, -0.1) is 0 Å². The normalized spacial score (nSPS) is 18.3. The zero-order valence-corrected chi connectivity index (χ0v) is 14.9. The molecule has 0 aliphatic carbocycles. The molecule has 1 aliphatic heterocycles. The number of methoxy groups -OCH3 is 2. The van der Waals surface area contributed by atoms with E-state index in [1.165, 1.54) is 5.56 Å². The Morgan fingerprint density at radius 3 is 2.48 bits per heavy atom. The summed E-state index contributed by atoms with van der Waals surface area (Å²) in [6.07, 6.45) is 0. The summed E-state index contributed by atoms with van der Waals surface area (Å²) in [5, 5.41) is 0. The molecule has 0 spiro atoms. The van der Waals surface area contributed by atoms with Crippen molar-refractivity contribution in [2.75, 3.05) is 32.2 Å². The second-order valence-electron chi connectivity index (χ2n) is 6.16. The van der Waals surface area contributed by atoms with Gasteiger partial charge >= 0.3 is 0 Å². The SMILES string of the molecule is COc1ccc(N2CCN(Cc3ccccc3)[C@@H](C)C2=O)c(OC)c1. The van der Waals surface area contributed by atoms with Gasteiger partial charge in [-0.25, -0.2) is 0 Å². The molecule has 0 saturated carbocycles. The van der Waals surface area contributed by atoms with Gasteiger partial charge in [-0.3, -0.25) is 9.69 Å². The van der Waals surface area contributed by atoms with Gasteiger partial charge in [-0.2, -0.15) is 0 Å². The summed E-state index contributed by atoms with van der Waals surface area (Å²) in [6.45, 7) is 4.20. The minimum absolute atomic E-state index is 0.0886. The summed E-state index contributed by atoms with van der Waals surface area (Å²) >= 11 is 0. The number of nitrogens with zero attached hydrogens (tertiary/aromatic N) is 2. The van der Waals surface area contributed by atoms with Crippen LogP contribution in [-0.2, 0) is 11.3 Å². The van der Waals surface area contributed by atoms with E-state index in [0.29, 0.717) is 18.0 Å². The van der Waals surface area contributed by atoms with Crippen LogP contribution in [0, 0.1) is 0 Å². The molecule has 1 amide bonds. The Hall–Kier alpha value is -2.53. The van der Waals surface area contributed by atoms with Crippen molar-refractivity contribution in [3.8, 4) is 11.5 Å². The Morgan fingerprint density at radius 2 is 1.80 bits per heavy atom. The lowest BCUT2D eigenvalue weighted by Gasteiger charge is -2.39. The molecule has 3 rings (SSSR count). The van der Waals surface area contributed by atoms with Crippen LogP contribution in [0.4, 0.5) is 5.69 Å². The van der Waals surface area contributed by atoms with Gasteiger partial charge in [-0.05, 0) is 24.6 Å². The lowest BCUT2D eigenvalue weighted by molar-refractivity contribution is -0.125. The average Bonchev–Trinajstić information content (AvgIpc) is 2.66. The fourth-order valence-corrected chi connectivity index (χ4v) is 3.19. The highest BCUT2D eigenvalue weighted by Gasteiger charge is 2.33. The highest BCUT2D eigenvalue weighted by Crippen LogP contribution is 2.34. The summed E-state index contributed by atoms with van der Waals surface area (Å²) in [7, 11) is 3.22. The van der Waals surface area contributed by atoms with Gasteiger partial charge < -0.3 is 14.4 Å². The molecule has 0 radical (unpaired) electrons. The highest BCUT2D eigenvalue weighted by atomic mass is 16.5. The third kappa shape index (κ3) is 3.61. The fraction of sp³-hybridized carbons (Fsp3) is 0.350. The number of anilines is 1. The minimum atomic E-state index is -0.180. The van der Waals surface area contributed by atoms with Gasteiger partial charge in [0.15, 0.2) is 0 Å². The van der Waals surface area contributed by atoms with E-state index in [-0.39, 0.29) is 11.9 Å². The third-order valence-electron chi connectivity index (χ3n) is 4.69. The summed E-state index contributed by atoms with van der Waals surface area (Å²) in [4.78, 5) is 17.0. The standard InChI is InChI=1S/C20H24N2O3/c1-15-20(23)22(18-10-9-17(24-2)13-19(18)25-3)12-11-21(15)14-16-7-5-4-6-8-16/h4-10,13,15H,11-12,14H2,1-3H3/t15-/m0/s1. The maximum Gasteiger partial charge on any atom is 0.244 e. The number of ether oxygens (including phenoxy) is 2. The van der Waals surface area contributed by atoms with Gasteiger partial charge in [0.1, 0.15) is 11.5 Å². The van der Waals surface area contributed by atoms with Crippen LogP contribution in [-0.4, -0.2) is 44.2 Å². The van der Waals surface area contributed by atoms with Crippen molar-refractivity contribution < 1.29 is 14.3 Å². The molecule has 0 aromatic heterocycles. The van der Waals surface area contributed by atoms with Crippen molar-refractivity contribution in [2.24, 2.45) is 0 Å². The predicted octanol–water partition coefficient (Wildman–Crippen LogP) is 2.94. The maximum atomic E-state index is 12.9. The second kappa shape index (κ2) is 7.57. The molecule has 1 atom stereocenters. The Balaban J connectivity index is 1.78. The van der Waals surface area contributed by atoms with E-state index >= 15 is 0 Å². The zero-order valence-electron chi connectivity index (χ0n) is 14.9. The van der Waals surface area contributed by atoms with E-state index in [1.807, 2.05) is 48.2 Å². The molecule has 2 aromatic rings. The highest BCUT2D eigenvalue weighted by molar-refractivity contribution is 5.99. The number of carbonyl (C=O) groups is 1. The summed E-state index contributed by atoms with van der Waals surface area (Å²) in [5.74, 6) is 1.45. The third-order valence-corrected chi connectivity index (χ3v) is 4.69. The molecular formula is C20H24N2O3. The lowest BCUT2D eigenvalue weighted by atomic mass is 10.1. The van der Waals surface area contributed by atoms with E-state index in [1.54, 1.807) is 14.2 Å². The first-order chi connectivity index (χ1) is 12.1. The Kier molecular flexibility index (Phi) is 5.24. The molecule has 25 heavy (non-hydrogen) atoms. The van der Waals surface area contributed by atoms with Gasteiger partial charge in [-0.1, -0.05) is 30.3 Å². The molecule has 5 heteroatoms. The first-order valence-electron chi connectivity index (χ1n) is 8.45. The van der Waals surface area contributed by atoms with Crippen LogP contribution in [0.5, 0.6) is 11.5 Å². The van der Waals surface area contributed by atoms with Crippen molar-refractivity contribution in [3.05, 3.63) is 54.1 Å². The average molecular weight is 340 g/mol. The van der Waals surface area contributed by atoms with Crippen molar-refractivity contribution in [1.82, 2.24) is 4.90 Å². The molecule has 5 nitrogen and oxygen atoms in total. The van der Waals surface area contributed by atoms with Crippen LogP contribution in [0.1, 0.15) is 12.5 Å². The van der Waals surface area contributed by atoms with Crippen molar-refractivity contribution in [2.45, 2.75) is 19.5 Å². The monoisotopic (exact) mass is 340 g/mol. The Morgan fingerprint density at radius 1 is 1.04 bits per heavy atom. The van der Waals surface area contributed by atoms with Crippen LogP contribution in [0.15, 0.2) is 48.5 Å². The molecule has 1 aliphatic rings. The van der Waals surface area contributed by atoms with E-state index < -0.39 is 0 Å². The van der Waals surface area contributed by atoms with E-state index in [9.17, 15) is 4.79 Å². The fourth-order valence-electron chi connectivity index (χ4n) is 3.19. The molecule has 0 unspecified atom stereocenters. The number of rotatable bonds is 5. The number of hydrogen-bond donors (Lipinski definition) is 0. The smallest absolute Gasteiger partial charge is 0.244 e. The van der Waals surface area contributed by atoms with Crippen molar-refractivity contribution >= 4 is 11.6 Å². The first kappa shape index (κ1) is 17.3. The van der Waals surface area contributed by atoms with E-state index in [2.05, 4.69) is 17.0 Å². The summed E-state index contributed by atoms with van der Waals surface area (Å²) < 4.78 is 10.7. The van der Waals surface area contributed by atoms with E-state index in [0.717, 1.165) is 18.8 Å². The molecular weight excluding hydrogens is 316 g/mol. The predicted molar refractivity (Wildman–Crippen MR) is 98.2 cm³/mol. The number of benzene rings is 2. The Labute approximate surface area is 148 Å². The number of carbonyl (C=O) groups excluding carboxylic acids is 1. The first-order valence-corrected chi connectivity index (χ1v) is 8.45. The summed E-state index contributed by atoms with van der Waals surface area (Å²) in [6, 6.07) is 15.6. The number of hydrogen-bond acceptors (Lipinski definition) is 4. The summed E-state index contributed by atoms with van der Waals surface area (Å²) in [5.41, 5.74) is 2.01. The topological polar surface area (TPSA) is 42.0 Å². The lowest BCUT2D eigenvalue weighted by Crippen LogP contribution is -2.55. The molecule has 1 heterocycles. The van der Waals surface area contributed by atoms with Crippen LogP contribution < -0.4 is 14.4 Å². The van der Waals surface area contributed by atoms with Gasteiger partial charge in [0, 0.05) is 25.7 Å². The molecule has 2 aromatic carbocycles. The minimum Gasteiger partial charge on any atom is -0.497 e. The van der Waals surface area contributed by atoms with Gasteiger partial charge in [0.2, 0.25) is 5.91 Å². The van der Waals surface area contributed by atoms with Crippen LogP contribution in [0.3, 0.4) is 0 Å². The maximum absolute atomic E-state index is 12.9. The van der Waals surface area contributed by atoms with Crippen molar-refractivity contribution in [3.63, 3.8) is 0 Å². The molecule has 132 valence electrons. The number of piperazine rings is 1. The molecule has 0 N–H and O–H groups in total. The zero-order chi connectivity index (χ0) is 17.8. The van der Waals surface area contributed by atoms with E-state index in [4.69, 9.17) is 9.47 Å². The van der Waals surface area contributed by atoms with Crippen LogP contribution in [0.25, 0.3) is 0 Å². The Bertz CT molecular complexity index is 733. The molecule has 1 fully saturated rings. The second-order valence-corrected chi connectivity index (χ2v) is 6.16. The van der Waals surface area contributed by atoms with Gasteiger partial charge in [0.05, 0.1) is 25.9 Å². The molecule has 1 saturated heterocycles. The molecule has 0 bridgehead atoms. The van der Waals surface area contributed by atoms with Crippen molar-refractivity contribution in [1.29, 1.82) is 0 Å². The quantitative estimate of drug-likeness (QED) is 0.839. The van der Waals surface area contributed by atoms with Crippen LogP contribution >= 0.6 is 0 Å².